The normalized spacial score (nSPS) is 10.2. The van der Waals surface area contributed by atoms with Gasteiger partial charge in [0.2, 0.25) is 0 Å². The third-order valence-electron chi connectivity index (χ3n) is 2.60. The quantitative estimate of drug-likeness (QED) is 0.809. The van der Waals surface area contributed by atoms with Crippen molar-refractivity contribution in [3.8, 4) is 11.4 Å². The standard InChI is InChI=1S/C14H15N3O/c1-10-8-9-15-13(16-10)11-6-4-5-7-12(11)14(18)17(2)3/h4-9H,1-3H3. The van der Waals surface area contributed by atoms with E-state index in [1.54, 1.807) is 31.3 Å². The lowest BCUT2D eigenvalue weighted by atomic mass is 10.1. The van der Waals surface area contributed by atoms with Crippen LogP contribution in [0.5, 0.6) is 0 Å². The monoisotopic (exact) mass is 241 g/mol. The van der Waals surface area contributed by atoms with Gasteiger partial charge in [-0.2, -0.15) is 0 Å². The van der Waals surface area contributed by atoms with Gasteiger partial charge >= 0.3 is 0 Å². The summed E-state index contributed by atoms with van der Waals surface area (Å²) in [7, 11) is 3.46. The first-order valence-corrected chi connectivity index (χ1v) is 5.70. The largest absolute Gasteiger partial charge is 0.345 e. The third-order valence-corrected chi connectivity index (χ3v) is 2.60. The summed E-state index contributed by atoms with van der Waals surface area (Å²) in [6.07, 6.45) is 1.70. The molecule has 0 aliphatic heterocycles. The number of carbonyl (C=O) groups excluding carboxylic acids is 1. The number of hydrogen-bond acceptors (Lipinski definition) is 3. The summed E-state index contributed by atoms with van der Waals surface area (Å²) in [5, 5.41) is 0. The highest BCUT2D eigenvalue weighted by molar-refractivity contribution is 5.99. The first-order chi connectivity index (χ1) is 8.59. The van der Waals surface area contributed by atoms with Crippen LogP contribution in [0, 0.1) is 6.92 Å². The Morgan fingerprint density at radius 2 is 1.89 bits per heavy atom. The van der Waals surface area contributed by atoms with Crippen molar-refractivity contribution in [3.05, 3.63) is 47.8 Å². The molecule has 0 atom stereocenters. The van der Waals surface area contributed by atoms with Crippen molar-refractivity contribution < 1.29 is 4.79 Å². The number of benzene rings is 1. The van der Waals surface area contributed by atoms with Gasteiger partial charge in [-0.15, -0.1) is 0 Å². The maximum absolute atomic E-state index is 12.1. The molecule has 18 heavy (non-hydrogen) atoms. The molecular formula is C14H15N3O. The zero-order valence-corrected chi connectivity index (χ0v) is 10.7. The van der Waals surface area contributed by atoms with Gasteiger partial charge in [-0.1, -0.05) is 18.2 Å². The van der Waals surface area contributed by atoms with Crippen molar-refractivity contribution in [2.45, 2.75) is 6.92 Å². The first-order valence-electron chi connectivity index (χ1n) is 5.70. The molecule has 1 amide bonds. The Morgan fingerprint density at radius 1 is 1.17 bits per heavy atom. The van der Waals surface area contributed by atoms with E-state index in [0.717, 1.165) is 11.3 Å². The zero-order valence-electron chi connectivity index (χ0n) is 10.7. The van der Waals surface area contributed by atoms with Gasteiger partial charge in [0.1, 0.15) is 0 Å². The Bertz CT molecular complexity index is 579. The number of aryl methyl sites for hydroxylation is 1. The molecule has 0 aliphatic rings. The fraction of sp³-hybridized carbons (Fsp3) is 0.214. The van der Waals surface area contributed by atoms with Crippen LogP contribution >= 0.6 is 0 Å². The smallest absolute Gasteiger partial charge is 0.254 e. The Hall–Kier alpha value is -2.23. The molecule has 2 rings (SSSR count). The van der Waals surface area contributed by atoms with Gasteiger partial charge in [0.25, 0.3) is 5.91 Å². The molecule has 4 heteroatoms. The number of aromatic nitrogens is 2. The fourth-order valence-electron chi connectivity index (χ4n) is 1.68. The van der Waals surface area contributed by atoms with Crippen LogP contribution in [0.25, 0.3) is 11.4 Å². The van der Waals surface area contributed by atoms with Crippen molar-refractivity contribution in [2.75, 3.05) is 14.1 Å². The van der Waals surface area contributed by atoms with E-state index >= 15 is 0 Å². The molecule has 0 aliphatic carbocycles. The van der Waals surface area contributed by atoms with Crippen molar-refractivity contribution >= 4 is 5.91 Å². The Labute approximate surface area is 106 Å². The fourth-order valence-corrected chi connectivity index (χ4v) is 1.68. The molecule has 1 aromatic heterocycles. The average Bonchev–Trinajstić information content (AvgIpc) is 2.38. The van der Waals surface area contributed by atoms with Crippen LogP contribution in [0.15, 0.2) is 36.5 Å². The molecule has 1 aromatic carbocycles. The lowest BCUT2D eigenvalue weighted by molar-refractivity contribution is 0.0828. The maximum Gasteiger partial charge on any atom is 0.254 e. The van der Waals surface area contributed by atoms with E-state index in [-0.39, 0.29) is 5.91 Å². The molecule has 4 nitrogen and oxygen atoms in total. The minimum absolute atomic E-state index is 0.0456. The first kappa shape index (κ1) is 12.2. The van der Waals surface area contributed by atoms with Crippen molar-refractivity contribution in [1.82, 2.24) is 14.9 Å². The second-order valence-electron chi connectivity index (χ2n) is 4.27. The van der Waals surface area contributed by atoms with Gasteiger partial charge < -0.3 is 4.90 Å². The Morgan fingerprint density at radius 3 is 2.56 bits per heavy atom. The van der Waals surface area contributed by atoms with Gasteiger partial charge in [0.15, 0.2) is 5.82 Å². The van der Waals surface area contributed by atoms with Crippen molar-refractivity contribution in [2.24, 2.45) is 0 Å². The highest BCUT2D eigenvalue weighted by Crippen LogP contribution is 2.20. The SMILES string of the molecule is Cc1ccnc(-c2ccccc2C(=O)N(C)C)n1. The number of rotatable bonds is 2. The van der Waals surface area contributed by atoms with Crippen LogP contribution in [0.1, 0.15) is 16.1 Å². The molecule has 2 aromatic rings. The second-order valence-corrected chi connectivity index (χ2v) is 4.27. The maximum atomic E-state index is 12.1. The number of carbonyl (C=O) groups is 1. The summed E-state index contributed by atoms with van der Waals surface area (Å²) in [5.74, 6) is 0.538. The molecule has 0 fully saturated rings. The molecule has 0 bridgehead atoms. The lowest BCUT2D eigenvalue weighted by Crippen LogP contribution is -2.22. The minimum Gasteiger partial charge on any atom is -0.345 e. The van der Waals surface area contributed by atoms with E-state index < -0.39 is 0 Å². The van der Waals surface area contributed by atoms with Gasteiger partial charge in [-0.3, -0.25) is 4.79 Å². The second kappa shape index (κ2) is 4.96. The van der Waals surface area contributed by atoms with Crippen LogP contribution < -0.4 is 0 Å². The molecule has 1 heterocycles. The molecule has 92 valence electrons. The zero-order chi connectivity index (χ0) is 13.1. The predicted molar refractivity (Wildman–Crippen MR) is 70.2 cm³/mol. The summed E-state index contributed by atoms with van der Waals surface area (Å²) < 4.78 is 0. The number of hydrogen-bond donors (Lipinski definition) is 0. The molecule has 0 saturated carbocycles. The third kappa shape index (κ3) is 2.37. The topological polar surface area (TPSA) is 46.1 Å². The van der Waals surface area contributed by atoms with Crippen LogP contribution in [0.2, 0.25) is 0 Å². The predicted octanol–water partition coefficient (Wildman–Crippen LogP) is 2.15. The highest BCUT2D eigenvalue weighted by atomic mass is 16.2. The van der Waals surface area contributed by atoms with E-state index in [1.807, 2.05) is 31.2 Å². The van der Waals surface area contributed by atoms with E-state index in [4.69, 9.17) is 0 Å². The summed E-state index contributed by atoms with van der Waals surface area (Å²) >= 11 is 0. The summed E-state index contributed by atoms with van der Waals surface area (Å²) in [4.78, 5) is 22.2. The Kier molecular flexibility index (Phi) is 3.37. The highest BCUT2D eigenvalue weighted by Gasteiger charge is 2.15. The Balaban J connectivity index is 2.55. The molecule has 0 saturated heterocycles. The van der Waals surface area contributed by atoms with Gasteiger partial charge in [0.05, 0.1) is 5.56 Å². The van der Waals surface area contributed by atoms with Crippen molar-refractivity contribution in [3.63, 3.8) is 0 Å². The van der Waals surface area contributed by atoms with Gasteiger partial charge in [0, 0.05) is 31.5 Å². The van der Waals surface area contributed by atoms with Crippen LogP contribution in [0.4, 0.5) is 0 Å². The lowest BCUT2D eigenvalue weighted by Gasteiger charge is -2.13. The van der Waals surface area contributed by atoms with Crippen LogP contribution in [-0.4, -0.2) is 34.9 Å². The van der Waals surface area contributed by atoms with Crippen LogP contribution in [0.3, 0.4) is 0 Å². The van der Waals surface area contributed by atoms with Crippen LogP contribution in [-0.2, 0) is 0 Å². The molecule has 0 unspecified atom stereocenters. The number of amides is 1. The van der Waals surface area contributed by atoms with Gasteiger partial charge in [-0.25, -0.2) is 9.97 Å². The molecule has 0 radical (unpaired) electrons. The summed E-state index contributed by atoms with van der Waals surface area (Å²) in [6.45, 7) is 1.90. The van der Waals surface area contributed by atoms with E-state index in [1.165, 1.54) is 0 Å². The van der Waals surface area contributed by atoms with E-state index in [9.17, 15) is 4.79 Å². The number of nitrogens with zero attached hydrogens (tertiary/aromatic N) is 3. The van der Waals surface area contributed by atoms with Gasteiger partial charge in [-0.05, 0) is 19.1 Å². The molecular weight excluding hydrogens is 226 g/mol. The average molecular weight is 241 g/mol. The van der Waals surface area contributed by atoms with E-state index in [2.05, 4.69) is 9.97 Å². The molecule has 0 N–H and O–H groups in total. The summed E-state index contributed by atoms with van der Waals surface area (Å²) in [6, 6.07) is 9.22. The molecule has 0 spiro atoms. The summed E-state index contributed by atoms with van der Waals surface area (Å²) in [5.41, 5.74) is 2.26. The van der Waals surface area contributed by atoms with Crippen molar-refractivity contribution in [1.29, 1.82) is 0 Å². The van der Waals surface area contributed by atoms with E-state index in [0.29, 0.717) is 11.4 Å². The minimum atomic E-state index is -0.0456.